The van der Waals surface area contributed by atoms with Crippen LogP contribution in [0.5, 0.6) is 0 Å². The Balaban J connectivity index is 1.65. The minimum atomic E-state index is -0.111. The van der Waals surface area contributed by atoms with E-state index in [1.165, 1.54) is 6.08 Å². The number of hydrogen-bond donors (Lipinski definition) is 0. The van der Waals surface area contributed by atoms with Crippen LogP contribution in [0.3, 0.4) is 0 Å². The smallest absolute Gasteiger partial charge is 0.246 e. The number of carbonyl (C=O) groups excluding carboxylic acids is 1. The number of fused-ring (bicyclic) bond motifs is 1. The van der Waals surface area contributed by atoms with Gasteiger partial charge in [0.25, 0.3) is 0 Å². The molecule has 2 aromatic carbocycles. The topological polar surface area (TPSA) is 57.2 Å². The van der Waals surface area contributed by atoms with Crippen LogP contribution in [0.2, 0.25) is 0 Å². The van der Waals surface area contributed by atoms with Gasteiger partial charge in [0.1, 0.15) is 11.3 Å². The van der Waals surface area contributed by atoms with Gasteiger partial charge in [0, 0.05) is 25.1 Å². The first kappa shape index (κ1) is 15.6. The molecule has 1 amide bonds. The summed E-state index contributed by atoms with van der Waals surface area (Å²) in [4.78, 5) is 13.8. The average molecular weight is 316 g/mol. The molecule has 0 aliphatic rings. The number of likely N-dealkylation sites (N-methyl/N-ethyl adjacent to an activating group) is 1. The van der Waals surface area contributed by atoms with Gasteiger partial charge in [-0.25, -0.2) is 0 Å². The molecule has 0 N–H and O–H groups in total. The van der Waals surface area contributed by atoms with E-state index in [0.717, 1.165) is 16.5 Å². The van der Waals surface area contributed by atoms with E-state index < -0.39 is 0 Å². The zero-order valence-corrected chi connectivity index (χ0v) is 13.3. The molecule has 24 heavy (non-hydrogen) atoms. The molecule has 118 valence electrons. The van der Waals surface area contributed by atoms with E-state index in [9.17, 15) is 4.79 Å². The van der Waals surface area contributed by atoms with E-state index in [0.29, 0.717) is 17.9 Å². The lowest BCUT2D eigenvalue weighted by Crippen LogP contribution is -2.24. The van der Waals surface area contributed by atoms with Gasteiger partial charge in [-0.05, 0) is 35.9 Å². The van der Waals surface area contributed by atoms with Crippen LogP contribution in [0, 0.1) is 11.3 Å². The van der Waals surface area contributed by atoms with Gasteiger partial charge in [-0.2, -0.15) is 5.26 Å². The molecule has 0 unspecified atom stereocenters. The number of nitriles is 1. The number of amides is 1. The molecular formula is C20H16N2O2. The van der Waals surface area contributed by atoms with Gasteiger partial charge in [-0.3, -0.25) is 4.79 Å². The Hall–Kier alpha value is -3.32. The van der Waals surface area contributed by atoms with Crippen molar-refractivity contribution >= 4 is 23.0 Å². The molecule has 1 aromatic heterocycles. The lowest BCUT2D eigenvalue weighted by Gasteiger charge is -2.15. The molecule has 4 nitrogen and oxygen atoms in total. The third kappa shape index (κ3) is 3.53. The normalized spacial score (nSPS) is 10.8. The highest BCUT2D eigenvalue weighted by Crippen LogP contribution is 2.19. The highest BCUT2D eigenvalue weighted by Gasteiger charge is 2.07. The van der Waals surface area contributed by atoms with Gasteiger partial charge in [0.15, 0.2) is 0 Å². The molecule has 3 rings (SSSR count). The number of hydrogen-bond acceptors (Lipinski definition) is 3. The Labute approximate surface area is 140 Å². The summed E-state index contributed by atoms with van der Waals surface area (Å²) < 4.78 is 5.65. The van der Waals surface area contributed by atoms with Crippen molar-refractivity contribution in [2.45, 2.75) is 6.54 Å². The SMILES string of the molecule is CN(Cc1ccc(C#N)cc1)C(=O)/C=C/c1cc2ccccc2o1. The fourth-order valence-electron chi connectivity index (χ4n) is 2.40. The first-order valence-electron chi connectivity index (χ1n) is 7.56. The van der Waals surface area contributed by atoms with Crippen molar-refractivity contribution in [3.05, 3.63) is 77.6 Å². The maximum Gasteiger partial charge on any atom is 0.246 e. The predicted octanol–water partition coefficient (Wildman–Crippen LogP) is 3.98. The van der Waals surface area contributed by atoms with Gasteiger partial charge >= 0.3 is 0 Å². The Bertz CT molecular complexity index is 897. The summed E-state index contributed by atoms with van der Waals surface area (Å²) in [7, 11) is 1.74. The molecule has 0 radical (unpaired) electrons. The summed E-state index contributed by atoms with van der Waals surface area (Å²) in [5.41, 5.74) is 2.38. The van der Waals surface area contributed by atoms with Crippen LogP contribution in [0.15, 0.2) is 65.1 Å². The number of para-hydroxylation sites is 1. The van der Waals surface area contributed by atoms with E-state index in [1.54, 1.807) is 30.2 Å². The lowest BCUT2D eigenvalue weighted by atomic mass is 10.1. The lowest BCUT2D eigenvalue weighted by molar-refractivity contribution is -0.125. The highest BCUT2D eigenvalue weighted by molar-refractivity contribution is 5.92. The summed E-state index contributed by atoms with van der Waals surface area (Å²) in [6.07, 6.45) is 3.18. The monoisotopic (exact) mass is 316 g/mol. The zero-order chi connectivity index (χ0) is 16.9. The molecule has 1 heterocycles. The molecule has 3 aromatic rings. The first-order valence-corrected chi connectivity index (χ1v) is 7.56. The second-order valence-electron chi connectivity index (χ2n) is 5.52. The summed E-state index contributed by atoms with van der Waals surface area (Å²) in [6.45, 7) is 0.481. The summed E-state index contributed by atoms with van der Waals surface area (Å²) in [5.74, 6) is 0.538. The average Bonchev–Trinajstić information content (AvgIpc) is 3.03. The Morgan fingerprint density at radius 1 is 1.21 bits per heavy atom. The van der Waals surface area contributed by atoms with Crippen molar-refractivity contribution in [1.82, 2.24) is 4.90 Å². The first-order chi connectivity index (χ1) is 11.7. The molecule has 0 bridgehead atoms. The van der Waals surface area contributed by atoms with Crippen LogP contribution in [0.1, 0.15) is 16.9 Å². The van der Waals surface area contributed by atoms with Crippen molar-refractivity contribution in [2.24, 2.45) is 0 Å². The van der Waals surface area contributed by atoms with Crippen LogP contribution in [0.25, 0.3) is 17.0 Å². The van der Waals surface area contributed by atoms with Crippen LogP contribution < -0.4 is 0 Å². The second kappa shape index (κ2) is 6.84. The van der Waals surface area contributed by atoms with Gasteiger partial charge < -0.3 is 9.32 Å². The number of nitrogens with zero attached hydrogens (tertiary/aromatic N) is 2. The molecule has 0 aliphatic carbocycles. The van der Waals surface area contributed by atoms with E-state index in [-0.39, 0.29) is 5.91 Å². The summed E-state index contributed by atoms with van der Waals surface area (Å²) >= 11 is 0. The van der Waals surface area contributed by atoms with Gasteiger partial charge in [-0.1, -0.05) is 30.3 Å². The van der Waals surface area contributed by atoms with E-state index in [1.807, 2.05) is 42.5 Å². The van der Waals surface area contributed by atoms with Crippen molar-refractivity contribution in [1.29, 1.82) is 5.26 Å². The van der Waals surface area contributed by atoms with Crippen molar-refractivity contribution in [2.75, 3.05) is 7.05 Å². The third-order valence-electron chi connectivity index (χ3n) is 3.71. The van der Waals surface area contributed by atoms with Gasteiger partial charge in [0.2, 0.25) is 5.91 Å². The third-order valence-corrected chi connectivity index (χ3v) is 3.71. The molecule has 0 atom stereocenters. The van der Waals surface area contributed by atoms with Crippen LogP contribution in [0.4, 0.5) is 0 Å². The van der Waals surface area contributed by atoms with E-state index in [2.05, 4.69) is 6.07 Å². The minimum Gasteiger partial charge on any atom is -0.457 e. The molecule has 0 aliphatic heterocycles. The quantitative estimate of drug-likeness (QED) is 0.684. The maximum absolute atomic E-state index is 12.2. The standard InChI is InChI=1S/C20H16N2O2/c1-22(14-16-8-6-15(13-21)7-9-16)20(23)11-10-18-12-17-4-2-3-5-19(17)24-18/h2-12H,14H2,1H3/b11-10+. The Morgan fingerprint density at radius 2 is 1.96 bits per heavy atom. The van der Waals surface area contributed by atoms with Gasteiger partial charge in [-0.15, -0.1) is 0 Å². The highest BCUT2D eigenvalue weighted by atomic mass is 16.3. The molecule has 0 fully saturated rings. The van der Waals surface area contributed by atoms with E-state index in [4.69, 9.17) is 9.68 Å². The van der Waals surface area contributed by atoms with Crippen molar-refractivity contribution in [3.63, 3.8) is 0 Å². The fourth-order valence-corrected chi connectivity index (χ4v) is 2.40. The summed E-state index contributed by atoms with van der Waals surface area (Å²) in [6, 6.07) is 18.9. The number of furan rings is 1. The number of carbonyl (C=O) groups is 1. The second-order valence-corrected chi connectivity index (χ2v) is 5.52. The number of benzene rings is 2. The minimum absolute atomic E-state index is 0.111. The Morgan fingerprint density at radius 3 is 2.67 bits per heavy atom. The summed E-state index contributed by atoms with van der Waals surface area (Å²) in [5, 5.41) is 9.81. The molecule has 4 heteroatoms. The van der Waals surface area contributed by atoms with Crippen molar-refractivity contribution < 1.29 is 9.21 Å². The fraction of sp³-hybridized carbons (Fsp3) is 0.100. The van der Waals surface area contributed by atoms with E-state index >= 15 is 0 Å². The largest absolute Gasteiger partial charge is 0.457 e. The molecule has 0 spiro atoms. The van der Waals surface area contributed by atoms with Crippen LogP contribution in [-0.2, 0) is 11.3 Å². The van der Waals surface area contributed by atoms with Crippen LogP contribution in [-0.4, -0.2) is 17.9 Å². The van der Waals surface area contributed by atoms with Crippen LogP contribution >= 0.6 is 0 Å². The molecule has 0 saturated carbocycles. The Kier molecular flexibility index (Phi) is 4.44. The predicted molar refractivity (Wildman–Crippen MR) is 92.9 cm³/mol. The zero-order valence-electron chi connectivity index (χ0n) is 13.3. The molecular weight excluding hydrogens is 300 g/mol. The van der Waals surface area contributed by atoms with Crippen molar-refractivity contribution in [3.8, 4) is 6.07 Å². The maximum atomic E-state index is 12.2. The van der Waals surface area contributed by atoms with Gasteiger partial charge in [0.05, 0.1) is 11.6 Å². The molecule has 0 saturated heterocycles. The number of rotatable bonds is 4.